The Bertz CT molecular complexity index is 716. The van der Waals surface area contributed by atoms with Gasteiger partial charge in [0.15, 0.2) is 0 Å². The number of rotatable bonds is 4. The number of hydrogen-bond acceptors (Lipinski definition) is 4. The average Bonchev–Trinajstić information content (AvgIpc) is 3.04. The van der Waals surface area contributed by atoms with Crippen molar-refractivity contribution in [1.29, 1.82) is 0 Å². The molecule has 1 N–H and O–H groups in total. The Hall–Kier alpha value is -1.72. The Morgan fingerprint density at radius 3 is 3.04 bits per heavy atom. The van der Waals surface area contributed by atoms with Crippen molar-refractivity contribution in [1.82, 2.24) is 5.32 Å². The van der Waals surface area contributed by atoms with Crippen molar-refractivity contribution < 1.29 is 9.53 Å². The molecule has 1 atom stereocenters. The second-order valence-electron chi connectivity index (χ2n) is 5.53. The first kappa shape index (κ1) is 16.1. The number of ether oxygens (including phenoxy) is 1. The van der Waals surface area contributed by atoms with Gasteiger partial charge in [0.05, 0.1) is 22.1 Å². The highest BCUT2D eigenvalue weighted by Crippen LogP contribution is 2.40. The molecule has 0 spiro atoms. The minimum atomic E-state index is -0.0184. The molecule has 1 aromatic heterocycles. The normalized spacial score (nSPS) is 14.8. The van der Waals surface area contributed by atoms with E-state index in [-0.39, 0.29) is 11.9 Å². The lowest BCUT2D eigenvalue weighted by molar-refractivity contribution is 0.0943. The summed E-state index contributed by atoms with van der Waals surface area (Å²) >= 11 is 7.60. The van der Waals surface area contributed by atoms with Crippen LogP contribution in [0.4, 0.5) is 10.7 Å². The van der Waals surface area contributed by atoms with Gasteiger partial charge in [-0.05, 0) is 43.7 Å². The summed E-state index contributed by atoms with van der Waals surface area (Å²) in [5, 5.41) is 4.69. The molecule has 23 heavy (non-hydrogen) atoms. The van der Waals surface area contributed by atoms with Crippen LogP contribution >= 0.6 is 22.9 Å². The highest BCUT2D eigenvalue weighted by atomic mass is 35.5. The Labute approximate surface area is 145 Å². The first-order chi connectivity index (χ1) is 11.1. The molecule has 0 bridgehead atoms. The van der Waals surface area contributed by atoms with Crippen LogP contribution in [-0.2, 0) is 0 Å². The van der Waals surface area contributed by atoms with E-state index in [4.69, 9.17) is 16.3 Å². The summed E-state index contributed by atoms with van der Waals surface area (Å²) in [4.78, 5) is 15.1. The monoisotopic (exact) mass is 350 g/mol. The minimum Gasteiger partial charge on any atom is -0.490 e. The molecule has 4 nitrogen and oxygen atoms in total. The molecule has 1 amide bonds. The van der Waals surface area contributed by atoms with Gasteiger partial charge in [0.1, 0.15) is 12.4 Å². The van der Waals surface area contributed by atoms with E-state index < -0.39 is 0 Å². The van der Waals surface area contributed by atoms with Crippen LogP contribution in [0, 0.1) is 0 Å². The summed E-state index contributed by atoms with van der Waals surface area (Å²) in [6, 6.07) is 9.63. The zero-order valence-electron chi connectivity index (χ0n) is 13.1. The molecule has 0 fully saturated rings. The van der Waals surface area contributed by atoms with Crippen molar-refractivity contribution in [3.05, 3.63) is 40.2 Å². The van der Waals surface area contributed by atoms with E-state index in [0.29, 0.717) is 11.6 Å². The molecule has 1 aromatic carbocycles. The molecular formula is C17H19ClN2O2S. The maximum Gasteiger partial charge on any atom is 0.261 e. The van der Waals surface area contributed by atoms with E-state index >= 15 is 0 Å². The standard InChI is InChI=1S/C17H19ClN2O2S/c1-3-11(2)19-17(21)15-6-7-16(23-15)20-8-9-22-14-5-4-12(18)10-13(14)20/h4-7,10-11H,3,8-9H2,1-2H3,(H,19,21). The highest BCUT2D eigenvalue weighted by molar-refractivity contribution is 7.18. The maximum atomic E-state index is 12.2. The number of amides is 1. The van der Waals surface area contributed by atoms with Gasteiger partial charge in [0.25, 0.3) is 5.91 Å². The van der Waals surface area contributed by atoms with Crippen molar-refractivity contribution in [2.75, 3.05) is 18.1 Å². The van der Waals surface area contributed by atoms with Gasteiger partial charge in [0, 0.05) is 11.1 Å². The van der Waals surface area contributed by atoms with Crippen LogP contribution in [0.3, 0.4) is 0 Å². The van der Waals surface area contributed by atoms with E-state index in [2.05, 4.69) is 17.1 Å². The second kappa shape index (κ2) is 6.81. The topological polar surface area (TPSA) is 41.6 Å². The lowest BCUT2D eigenvalue weighted by Crippen LogP contribution is -2.31. The summed E-state index contributed by atoms with van der Waals surface area (Å²) in [5.41, 5.74) is 0.944. The van der Waals surface area contributed by atoms with Gasteiger partial charge >= 0.3 is 0 Å². The smallest absolute Gasteiger partial charge is 0.261 e. The molecule has 0 saturated carbocycles. The van der Waals surface area contributed by atoms with Crippen LogP contribution in [-0.4, -0.2) is 25.1 Å². The van der Waals surface area contributed by atoms with Gasteiger partial charge in [-0.25, -0.2) is 0 Å². The summed E-state index contributed by atoms with van der Waals surface area (Å²) in [5.74, 6) is 0.801. The Kier molecular flexibility index (Phi) is 4.78. The van der Waals surface area contributed by atoms with Crippen LogP contribution in [0.1, 0.15) is 29.9 Å². The zero-order chi connectivity index (χ0) is 16.4. The number of carbonyl (C=O) groups excluding carboxylic acids is 1. The molecule has 2 heterocycles. The number of nitrogens with one attached hydrogen (secondary N) is 1. The summed E-state index contributed by atoms with van der Waals surface area (Å²) in [6.07, 6.45) is 0.916. The molecule has 6 heteroatoms. The van der Waals surface area contributed by atoms with Gasteiger partial charge in [-0.15, -0.1) is 11.3 Å². The molecule has 122 valence electrons. The predicted molar refractivity (Wildman–Crippen MR) is 95.5 cm³/mol. The zero-order valence-corrected chi connectivity index (χ0v) is 14.7. The average molecular weight is 351 g/mol. The Morgan fingerprint density at radius 2 is 2.26 bits per heavy atom. The molecule has 3 rings (SSSR count). The predicted octanol–water partition coefficient (Wildman–Crippen LogP) is 4.46. The lowest BCUT2D eigenvalue weighted by atomic mass is 10.2. The fourth-order valence-electron chi connectivity index (χ4n) is 2.41. The largest absolute Gasteiger partial charge is 0.490 e. The lowest BCUT2D eigenvalue weighted by Gasteiger charge is -2.30. The minimum absolute atomic E-state index is 0.0184. The first-order valence-electron chi connectivity index (χ1n) is 7.69. The van der Waals surface area contributed by atoms with Crippen molar-refractivity contribution in [3.63, 3.8) is 0 Å². The molecule has 1 aliphatic rings. The number of carbonyl (C=O) groups is 1. The van der Waals surface area contributed by atoms with Gasteiger partial charge in [-0.1, -0.05) is 18.5 Å². The summed E-state index contributed by atoms with van der Waals surface area (Å²) in [6.45, 7) is 5.41. The van der Waals surface area contributed by atoms with E-state index in [1.165, 1.54) is 11.3 Å². The number of thiophene rings is 1. The number of hydrogen-bond donors (Lipinski definition) is 1. The van der Waals surface area contributed by atoms with Crippen LogP contribution in [0.15, 0.2) is 30.3 Å². The van der Waals surface area contributed by atoms with Crippen LogP contribution in [0.2, 0.25) is 5.02 Å². The van der Waals surface area contributed by atoms with Crippen LogP contribution in [0.25, 0.3) is 0 Å². The van der Waals surface area contributed by atoms with Crippen LogP contribution in [0.5, 0.6) is 5.75 Å². The van der Waals surface area contributed by atoms with Crippen molar-refractivity contribution in [2.45, 2.75) is 26.3 Å². The van der Waals surface area contributed by atoms with E-state index in [1.807, 2.05) is 37.3 Å². The number of nitrogens with zero attached hydrogens (tertiary/aromatic N) is 1. The summed E-state index contributed by atoms with van der Waals surface area (Å²) < 4.78 is 5.68. The fraction of sp³-hybridized carbons (Fsp3) is 0.353. The molecule has 1 unspecified atom stereocenters. The third-order valence-electron chi connectivity index (χ3n) is 3.86. The van der Waals surface area contributed by atoms with Gasteiger partial charge in [-0.2, -0.15) is 0 Å². The second-order valence-corrected chi connectivity index (χ2v) is 7.03. The van der Waals surface area contributed by atoms with Gasteiger partial charge < -0.3 is 15.0 Å². The number of halogens is 1. The number of fused-ring (bicyclic) bond motifs is 1. The molecule has 2 aromatic rings. The highest BCUT2D eigenvalue weighted by Gasteiger charge is 2.22. The molecular weight excluding hydrogens is 332 g/mol. The molecule has 0 radical (unpaired) electrons. The quantitative estimate of drug-likeness (QED) is 0.885. The molecule has 1 aliphatic heterocycles. The SMILES string of the molecule is CCC(C)NC(=O)c1ccc(N2CCOc3ccc(Cl)cc32)s1. The van der Waals surface area contributed by atoms with Crippen molar-refractivity contribution in [3.8, 4) is 5.75 Å². The van der Waals surface area contributed by atoms with E-state index in [9.17, 15) is 4.79 Å². The third-order valence-corrected chi connectivity index (χ3v) is 5.20. The Morgan fingerprint density at radius 1 is 1.43 bits per heavy atom. The fourth-order valence-corrected chi connectivity index (χ4v) is 3.53. The van der Waals surface area contributed by atoms with Gasteiger partial charge in [0.2, 0.25) is 0 Å². The van der Waals surface area contributed by atoms with Crippen molar-refractivity contribution in [2.24, 2.45) is 0 Å². The van der Waals surface area contributed by atoms with E-state index in [0.717, 1.165) is 34.3 Å². The molecule has 0 saturated heterocycles. The van der Waals surface area contributed by atoms with E-state index in [1.54, 1.807) is 0 Å². The Balaban J connectivity index is 1.84. The van der Waals surface area contributed by atoms with Gasteiger partial charge in [-0.3, -0.25) is 4.79 Å². The van der Waals surface area contributed by atoms with Crippen molar-refractivity contribution >= 4 is 39.5 Å². The summed E-state index contributed by atoms with van der Waals surface area (Å²) in [7, 11) is 0. The number of anilines is 2. The third kappa shape index (κ3) is 3.46. The molecule has 0 aliphatic carbocycles. The maximum absolute atomic E-state index is 12.2. The number of benzene rings is 1. The first-order valence-corrected chi connectivity index (χ1v) is 8.88. The van der Waals surface area contributed by atoms with Crippen LogP contribution < -0.4 is 15.0 Å².